The van der Waals surface area contributed by atoms with E-state index in [-0.39, 0.29) is 35.4 Å². The predicted octanol–water partition coefficient (Wildman–Crippen LogP) is 4.89. The summed E-state index contributed by atoms with van der Waals surface area (Å²) in [5.74, 6) is 1.12. The lowest BCUT2D eigenvalue weighted by Gasteiger charge is -2.42. The summed E-state index contributed by atoms with van der Waals surface area (Å²) >= 11 is 0. The molecule has 0 radical (unpaired) electrons. The Morgan fingerprint density at radius 2 is 1.79 bits per heavy atom. The number of benzene rings is 3. The molecule has 5 fully saturated rings. The number of anilines is 1. The number of phenols is 1. The smallest absolute Gasteiger partial charge is 0.319 e. The van der Waals surface area contributed by atoms with E-state index < -0.39 is 0 Å². The molecule has 2 amide bonds. The van der Waals surface area contributed by atoms with E-state index >= 15 is 0 Å². The van der Waals surface area contributed by atoms with Crippen molar-refractivity contribution in [2.24, 2.45) is 0 Å². The third kappa shape index (κ3) is 5.13. The Labute approximate surface area is 275 Å². The fourth-order valence-electron chi connectivity index (χ4n) is 9.19. The predicted molar refractivity (Wildman–Crippen MR) is 183 cm³/mol. The minimum Gasteiger partial charge on any atom is -0.508 e. The summed E-state index contributed by atoms with van der Waals surface area (Å²) in [6, 6.07) is 19.1. The molecule has 5 saturated heterocycles. The van der Waals surface area contributed by atoms with Crippen LogP contribution in [0.1, 0.15) is 44.9 Å². The number of amides is 2. The van der Waals surface area contributed by atoms with Crippen LogP contribution in [0, 0.1) is 0 Å². The van der Waals surface area contributed by atoms with E-state index in [1.54, 1.807) is 6.07 Å². The number of nitrogens with one attached hydrogen (secondary N) is 2. The first kappa shape index (κ1) is 29.0. The van der Waals surface area contributed by atoms with Gasteiger partial charge in [-0.15, -0.1) is 0 Å². The molecule has 0 spiro atoms. The number of hydrogen-bond donors (Lipinski definition) is 3. The highest BCUT2D eigenvalue weighted by atomic mass is 16.5. The standard InChI is InChI=1S/C37H43N7O3/c45-29-17-24-5-1-2-6-30(24)32(19-29)25-7-10-31-33(18-25)40-35(47-23-37-12-3-15-43(37)16-4-13-37)41-34(31)42-21-27-8-9-28(22-42)44(27)36(46)39-26-11-14-38-20-26/h1-2,5-7,10,17-19,26-28,38,45H,3-4,8-9,11-16,20-23H2,(H,39,46). The zero-order valence-electron chi connectivity index (χ0n) is 26.8. The number of aromatic nitrogens is 2. The van der Waals surface area contributed by atoms with Gasteiger partial charge in [-0.1, -0.05) is 30.3 Å². The molecule has 3 atom stereocenters. The lowest BCUT2D eigenvalue weighted by molar-refractivity contribution is 0.108. The highest BCUT2D eigenvalue weighted by Crippen LogP contribution is 2.41. The number of hydrogen-bond acceptors (Lipinski definition) is 8. The molecule has 10 heteroatoms. The van der Waals surface area contributed by atoms with Crippen molar-refractivity contribution in [2.75, 3.05) is 50.8 Å². The van der Waals surface area contributed by atoms with Gasteiger partial charge in [-0.25, -0.2) is 4.79 Å². The number of ether oxygens (including phenoxy) is 1. The number of aromatic hydroxyl groups is 1. The van der Waals surface area contributed by atoms with Crippen molar-refractivity contribution in [1.82, 2.24) is 30.4 Å². The summed E-state index contributed by atoms with van der Waals surface area (Å²) in [6.45, 7) is 6.16. The first-order chi connectivity index (χ1) is 23.0. The minimum absolute atomic E-state index is 0.0716. The number of piperazine rings is 1. The molecule has 47 heavy (non-hydrogen) atoms. The van der Waals surface area contributed by atoms with E-state index in [4.69, 9.17) is 14.7 Å². The molecular formula is C37H43N7O3. The van der Waals surface area contributed by atoms with Crippen LogP contribution >= 0.6 is 0 Å². The number of fused-ring (bicyclic) bond motifs is 5. The van der Waals surface area contributed by atoms with E-state index in [2.05, 4.69) is 49.6 Å². The molecule has 0 aliphatic carbocycles. The summed E-state index contributed by atoms with van der Waals surface area (Å²) in [4.78, 5) is 30.6. The van der Waals surface area contributed by atoms with Crippen LogP contribution < -0.4 is 20.3 Å². The largest absolute Gasteiger partial charge is 0.508 e. The molecule has 3 unspecified atom stereocenters. The van der Waals surface area contributed by atoms with Gasteiger partial charge in [-0.2, -0.15) is 9.97 Å². The molecule has 5 aliphatic rings. The monoisotopic (exact) mass is 633 g/mol. The quantitative estimate of drug-likeness (QED) is 0.276. The molecule has 244 valence electrons. The molecule has 4 aromatic rings. The fourth-order valence-corrected chi connectivity index (χ4v) is 9.19. The first-order valence-electron chi connectivity index (χ1n) is 17.5. The fraction of sp³-hybridized carbons (Fsp3) is 0.486. The highest BCUT2D eigenvalue weighted by Gasteiger charge is 2.46. The molecule has 0 saturated carbocycles. The average Bonchev–Trinajstić information content (AvgIpc) is 3.87. The van der Waals surface area contributed by atoms with Gasteiger partial charge in [0.1, 0.15) is 18.2 Å². The Hall–Kier alpha value is -4.15. The van der Waals surface area contributed by atoms with Gasteiger partial charge in [0.05, 0.1) is 23.1 Å². The third-order valence-electron chi connectivity index (χ3n) is 11.5. The lowest BCUT2D eigenvalue weighted by Crippen LogP contribution is -2.59. The maximum Gasteiger partial charge on any atom is 0.319 e. The van der Waals surface area contributed by atoms with E-state index in [1.807, 2.05) is 24.3 Å². The summed E-state index contributed by atoms with van der Waals surface area (Å²) in [7, 11) is 0. The zero-order valence-corrected chi connectivity index (χ0v) is 26.8. The number of phenolic OH excluding ortho intramolecular Hbond substituents is 1. The van der Waals surface area contributed by atoms with Gasteiger partial charge in [0.25, 0.3) is 0 Å². The van der Waals surface area contributed by atoms with Crippen molar-refractivity contribution in [3.8, 4) is 22.9 Å². The van der Waals surface area contributed by atoms with Crippen LogP contribution in [0.15, 0.2) is 54.6 Å². The lowest BCUT2D eigenvalue weighted by atomic mass is 9.95. The summed E-state index contributed by atoms with van der Waals surface area (Å²) in [5.41, 5.74) is 2.86. The molecule has 1 aromatic heterocycles. The summed E-state index contributed by atoms with van der Waals surface area (Å²) < 4.78 is 6.56. The topological polar surface area (TPSA) is 106 Å². The minimum atomic E-state index is 0.0716. The number of carbonyl (C=O) groups excluding carboxylic acids is 1. The number of nitrogens with zero attached hydrogens (tertiary/aromatic N) is 5. The van der Waals surface area contributed by atoms with Crippen LogP contribution in [-0.2, 0) is 0 Å². The number of carbonyl (C=O) groups is 1. The molecule has 3 N–H and O–H groups in total. The van der Waals surface area contributed by atoms with Gasteiger partial charge in [-0.3, -0.25) is 4.90 Å². The van der Waals surface area contributed by atoms with E-state index in [0.29, 0.717) is 12.6 Å². The second kappa shape index (κ2) is 11.5. The van der Waals surface area contributed by atoms with Crippen LogP contribution in [0.5, 0.6) is 11.8 Å². The SMILES string of the molecule is O=C(NC1CCNC1)N1C2CCC1CN(c1nc(OCC34CCCN3CCC4)nc3cc(-c4cc(O)cc5ccccc45)ccc13)C2. The summed E-state index contributed by atoms with van der Waals surface area (Å²) in [5, 5.41) is 20.3. The Morgan fingerprint density at radius 3 is 2.57 bits per heavy atom. The Kier molecular flexibility index (Phi) is 7.12. The normalized spacial score (nSPS) is 25.1. The molecular weight excluding hydrogens is 590 g/mol. The Balaban J connectivity index is 1.07. The van der Waals surface area contributed by atoms with Crippen molar-refractivity contribution < 1.29 is 14.6 Å². The van der Waals surface area contributed by atoms with Crippen molar-refractivity contribution in [3.05, 3.63) is 54.6 Å². The van der Waals surface area contributed by atoms with Gasteiger partial charge < -0.3 is 30.3 Å². The van der Waals surface area contributed by atoms with Crippen LogP contribution in [0.4, 0.5) is 10.6 Å². The maximum atomic E-state index is 13.4. The molecule has 9 rings (SSSR count). The van der Waals surface area contributed by atoms with Gasteiger partial charge in [0.15, 0.2) is 0 Å². The third-order valence-corrected chi connectivity index (χ3v) is 11.5. The average molecular weight is 634 g/mol. The molecule has 6 heterocycles. The molecule has 2 bridgehead atoms. The molecule has 10 nitrogen and oxygen atoms in total. The van der Waals surface area contributed by atoms with Gasteiger partial charge in [-0.05, 0) is 111 Å². The second-order valence-electron chi connectivity index (χ2n) is 14.3. The van der Waals surface area contributed by atoms with Crippen molar-refractivity contribution in [3.63, 3.8) is 0 Å². The molecule has 3 aromatic carbocycles. The van der Waals surface area contributed by atoms with Gasteiger partial charge in [0.2, 0.25) is 0 Å². The van der Waals surface area contributed by atoms with Crippen LogP contribution in [0.25, 0.3) is 32.8 Å². The van der Waals surface area contributed by atoms with Crippen LogP contribution in [0.2, 0.25) is 0 Å². The Bertz CT molecular complexity index is 1820. The number of urea groups is 1. The van der Waals surface area contributed by atoms with E-state index in [9.17, 15) is 9.90 Å². The molecule has 5 aliphatic heterocycles. The van der Waals surface area contributed by atoms with Crippen molar-refractivity contribution >= 4 is 33.5 Å². The maximum absolute atomic E-state index is 13.4. The van der Waals surface area contributed by atoms with Gasteiger partial charge in [0, 0.05) is 31.1 Å². The second-order valence-corrected chi connectivity index (χ2v) is 14.3. The van der Waals surface area contributed by atoms with Crippen LogP contribution in [-0.4, -0.2) is 100 Å². The van der Waals surface area contributed by atoms with E-state index in [0.717, 1.165) is 110 Å². The zero-order chi connectivity index (χ0) is 31.5. The van der Waals surface area contributed by atoms with Gasteiger partial charge >= 0.3 is 12.0 Å². The Morgan fingerprint density at radius 1 is 0.979 bits per heavy atom. The highest BCUT2D eigenvalue weighted by molar-refractivity contribution is 6.01. The first-order valence-corrected chi connectivity index (χ1v) is 17.5. The van der Waals surface area contributed by atoms with Crippen LogP contribution in [0.3, 0.4) is 0 Å². The summed E-state index contributed by atoms with van der Waals surface area (Å²) in [6.07, 6.45) is 7.72. The van der Waals surface area contributed by atoms with Crippen molar-refractivity contribution in [2.45, 2.75) is 68.6 Å². The van der Waals surface area contributed by atoms with E-state index in [1.165, 1.54) is 12.8 Å². The number of rotatable bonds is 6. The van der Waals surface area contributed by atoms with Crippen molar-refractivity contribution in [1.29, 1.82) is 0 Å².